The molecule has 1 aliphatic heterocycles. The average molecular weight is 216 g/mol. The van der Waals surface area contributed by atoms with Crippen LogP contribution in [-0.2, 0) is 0 Å². The van der Waals surface area contributed by atoms with Crippen molar-refractivity contribution in [3.63, 3.8) is 0 Å². The lowest BCUT2D eigenvalue weighted by Crippen LogP contribution is -2.33. The van der Waals surface area contributed by atoms with Crippen LogP contribution in [0, 0.1) is 5.92 Å². The van der Waals surface area contributed by atoms with Crippen molar-refractivity contribution in [3.05, 3.63) is 23.9 Å². The van der Waals surface area contributed by atoms with Gasteiger partial charge in [0.25, 0.3) is 0 Å². The van der Waals surface area contributed by atoms with Crippen molar-refractivity contribution in [2.45, 2.75) is 32.2 Å². The number of anilines is 1. The van der Waals surface area contributed by atoms with E-state index in [-0.39, 0.29) is 5.78 Å². The van der Waals surface area contributed by atoms with Gasteiger partial charge in [-0.25, -0.2) is 4.98 Å². The summed E-state index contributed by atoms with van der Waals surface area (Å²) in [4.78, 5) is 18.3. The summed E-state index contributed by atoms with van der Waals surface area (Å²) in [6.45, 7) is 2.71. The molecule has 0 radical (unpaired) electrons. The third-order valence-corrected chi connectivity index (χ3v) is 3.85. The summed E-state index contributed by atoms with van der Waals surface area (Å²) in [5, 5.41) is 0. The molecule has 0 spiro atoms. The third-order valence-electron chi connectivity index (χ3n) is 3.85. The Bertz CT molecular complexity index is 430. The number of nitrogens with zero attached hydrogens (tertiary/aromatic N) is 2. The van der Waals surface area contributed by atoms with Gasteiger partial charge in [-0.05, 0) is 44.2 Å². The zero-order valence-corrected chi connectivity index (χ0v) is 9.52. The van der Waals surface area contributed by atoms with Crippen molar-refractivity contribution < 1.29 is 4.79 Å². The Balaban J connectivity index is 1.97. The fraction of sp³-hybridized carbons (Fsp3) is 0.538. The van der Waals surface area contributed by atoms with Gasteiger partial charge in [-0.2, -0.15) is 0 Å². The van der Waals surface area contributed by atoms with Crippen LogP contribution in [0.2, 0.25) is 0 Å². The van der Waals surface area contributed by atoms with Gasteiger partial charge in [0.2, 0.25) is 0 Å². The Morgan fingerprint density at radius 2 is 2.38 bits per heavy atom. The Morgan fingerprint density at radius 3 is 3.00 bits per heavy atom. The van der Waals surface area contributed by atoms with Gasteiger partial charge in [0.05, 0.1) is 5.56 Å². The number of Topliss-reactive ketones (excluding diaryl/α,β-unsaturated/α-hetero) is 1. The number of fused-ring (bicyclic) bond motifs is 2. The summed E-state index contributed by atoms with van der Waals surface area (Å²) in [6, 6.07) is 4.35. The number of piperidine rings is 1. The Hall–Kier alpha value is -1.38. The monoisotopic (exact) mass is 216 g/mol. The second-order valence-electron chi connectivity index (χ2n) is 4.92. The fourth-order valence-corrected chi connectivity index (χ4v) is 3.08. The Labute approximate surface area is 95.5 Å². The third kappa shape index (κ3) is 1.42. The van der Waals surface area contributed by atoms with Crippen LogP contribution in [0.1, 0.15) is 36.5 Å². The van der Waals surface area contributed by atoms with E-state index in [2.05, 4.69) is 9.88 Å². The minimum atomic E-state index is 0.117. The SMILES string of the molecule is CC(=O)c1cccnc1N1CC2CCC1C2. The van der Waals surface area contributed by atoms with E-state index in [1.165, 1.54) is 19.3 Å². The topological polar surface area (TPSA) is 33.2 Å². The highest BCUT2D eigenvalue weighted by Crippen LogP contribution is 2.40. The molecule has 16 heavy (non-hydrogen) atoms. The number of carbonyl (C=O) groups excluding carboxylic acids is 1. The molecule has 1 saturated heterocycles. The van der Waals surface area contributed by atoms with Crippen molar-refractivity contribution in [2.75, 3.05) is 11.4 Å². The number of aromatic nitrogens is 1. The minimum Gasteiger partial charge on any atom is -0.353 e. The lowest BCUT2D eigenvalue weighted by Gasteiger charge is -2.29. The second-order valence-corrected chi connectivity index (χ2v) is 4.92. The molecule has 3 heteroatoms. The largest absolute Gasteiger partial charge is 0.353 e. The van der Waals surface area contributed by atoms with Crippen LogP contribution in [0.4, 0.5) is 5.82 Å². The average Bonchev–Trinajstić information content (AvgIpc) is 2.90. The van der Waals surface area contributed by atoms with E-state index in [0.29, 0.717) is 6.04 Å². The van der Waals surface area contributed by atoms with Crippen LogP contribution >= 0.6 is 0 Å². The Kier molecular flexibility index (Phi) is 2.20. The van der Waals surface area contributed by atoms with Gasteiger partial charge in [-0.3, -0.25) is 4.79 Å². The highest BCUT2D eigenvalue weighted by Gasteiger charge is 2.39. The summed E-state index contributed by atoms with van der Waals surface area (Å²) in [5.41, 5.74) is 0.773. The van der Waals surface area contributed by atoms with Gasteiger partial charge in [0.1, 0.15) is 5.82 Å². The zero-order valence-electron chi connectivity index (χ0n) is 9.52. The van der Waals surface area contributed by atoms with E-state index in [9.17, 15) is 4.79 Å². The van der Waals surface area contributed by atoms with Crippen molar-refractivity contribution in [1.29, 1.82) is 0 Å². The fourth-order valence-electron chi connectivity index (χ4n) is 3.08. The number of pyridine rings is 1. The molecule has 0 N–H and O–H groups in total. The van der Waals surface area contributed by atoms with Crippen LogP contribution in [0.15, 0.2) is 18.3 Å². The maximum atomic E-state index is 11.6. The van der Waals surface area contributed by atoms with Crippen LogP contribution in [0.3, 0.4) is 0 Å². The summed E-state index contributed by atoms with van der Waals surface area (Å²) in [6.07, 6.45) is 5.68. The maximum Gasteiger partial charge on any atom is 0.163 e. The molecule has 84 valence electrons. The van der Waals surface area contributed by atoms with Crippen LogP contribution in [0.25, 0.3) is 0 Å². The van der Waals surface area contributed by atoms with Gasteiger partial charge in [-0.15, -0.1) is 0 Å². The van der Waals surface area contributed by atoms with Gasteiger partial charge < -0.3 is 4.90 Å². The molecule has 0 amide bonds. The maximum absolute atomic E-state index is 11.6. The number of hydrogen-bond donors (Lipinski definition) is 0. The summed E-state index contributed by atoms with van der Waals surface area (Å²) in [5.74, 6) is 1.85. The van der Waals surface area contributed by atoms with E-state index in [4.69, 9.17) is 0 Å². The van der Waals surface area contributed by atoms with Gasteiger partial charge in [0.15, 0.2) is 5.78 Å². The van der Waals surface area contributed by atoms with Crippen LogP contribution in [0.5, 0.6) is 0 Å². The molecule has 1 saturated carbocycles. The van der Waals surface area contributed by atoms with E-state index >= 15 is 0 Å². The molecule has 2 fully saturated rings. The molecule has 1 aliphatic carbocycles. The lowest BCUT2D eigenvalue weighted by molar-refractivity contribution is 0.101. The normalized spacial score (nSPS) is 27.4. The summed E-state index contributed by atoms with van der Waals surface area (Å²) < 4.78 is 0. The van der Waals surface area contributed by atoms with Crippen LogP contribution in [-0.4, -0.2) is 23.4 Å². The molecule has 2 unspecified atom stereocenters. The molecule has 0 aromatic carbocycles. The molecule has 2 heterocycles. The van der Waals surface area contributed by atoms with Gasteiger partial charge in [0, 0.05) is 18.8 Å². The standard InChI is InChI=1S/C13H16N2O/c1-9(16)12-3-2-6-14-13(12)15-8-10-4-5-11(15)7-10/h2-3,6,10-11H,4-5,7-8H2,1H3. The highest BCUT2D eigenvalue weighted by molar-refractivity contribution is 5.98. The number of rotatable bonds is 2. The van der Waals surface area contributed by atoms with E-state index in [1.807, 2.05) is 12.1 Å². The van der Waals surface area contributed by atoms with Crippen molar-refractivity contribution in [3.8, 4) is 0 Å². The van der Waals surface area contributed by atoms with Crippen molar-refractivity contribution in [1.82, 2.24) is 4.98 Å². The molecular formula is C13H16N2O. The predicted octanol–water partition coefficient (Wildman–Crippen LogP) is 2.27. The molecule has 3 rings (SSSR count). The molecule has 1 aromatic rings. The first-order valence-electron chi connectivity index (χ1n) is 5.98. The van der Waals surface area contributed by atoms with E-state index in [0.717, 1.165) is 23.8 Å². The molecule has 2 bridgehead atoms. The number of carbonyl (C=O) groups is 1. The molecule has 1 aromatic heterocycles. The van der Waals surface area contributed by atoms with Gasteiger partial charge in [-0.1, -0.05) is 0 Å². The minimum absolute atomic E-state index is 0.117. The molecular weight excluding hydrogens is 200 g/mol. The van der Waals surface area contributed by atoms with Crippen LogP contribution < -0.4 is 4.90 Å². The van der Waals surface area contributed by atoms with Crippen molar-refractivity contribution >= 4 is 11.6 Å². The predicted molar refractivity (Wildman–Crippen MR) is 62.7 cm³/mol. The summed E-state index contributed by atoms with van der Waals surface area (Å²) in [7, 11) is 0. The smallest absolute Gasteiger partial charge is 0.163 e. The zero-order chi connectivity index (χ0) is 11.1. The molecule has 3 nitrogen and oxygen atoms in total. The first-order valence-corrected chi connectivity index (χ1v) is 5.98. The first kappa shape index (κ1) is 9.82. The quantitative estimate of drug-likeness (QED) is 0.711. The van der Waals surface area contributed by atoms with Gasteiger partial charge >= 0.3 is 0 Å². The molecule has 2 aliphatic rings. The lowest BCUT2D eigenvalue weighted by atomic mass is 10.1. The summed E-state index contributed by atoms with van der Waals surface area (Å²) >= 11 is 0. The second kappa shape index (κ2) is 3.58. The van der Waals surface area contributed by atoms with Crippen molar-refractivity contribution in [2.24, 2.45) is 5.92 Å². The molecule has 2 atom stereocenters. The first-order chi connectivity index (χ1) is 7.75. The number of hydrogen-bond acceptors (Lipinski definition) is 3. The Morgan fingerprint density at radius 1 is 1.50 bits per heavy atom. The number of ketones is 1. The van der Waals surface area contributed by atoms with E-state index in [1.54, 1.807) is 13.1 Å². The highest BCUT2D eigenvalue weighted by atomic mass is 16.1. The van der Waals surface area contributed by atoms with E-state index < -0.39 is 0 Å².